The van der Waals surface area contributed by atoms with E-state index >= 15 is 0 Å². The smallest absolute Gasteiger partial charge is 0.260 e. The van der Waals surface area contributed by atoms with E-state index in [9.17, 15) is 9.59 Å². The summed E-state index contributed by atoms with van der Waals surface area (Å²) in [5, 5.41) is 0. The second-order valence-corrected chi connectivity index (χ2v) is 6.56. The molecular formula is C19H21N5O2. The van der Waals surface area contributed by atoms with Gasteiger partial charge < -0.3 is 14.5 Å². The monoisotopic (exact) mass is 351 g/mol. The van der Waals surface area contributed by atoms with E-state index in [-0.39, 0.29) is 17.0 Å². The van der Waals surface area contributed by atoms with Crippen LogP contribution < -0.4 is 5.56 Å². The topological polar surface area (TPSA) is 74.2 Å². The molecule has 0 unspecified atom stereocenters. The molecule has 0 bridgehead atoms. The number of para-hydroxylation sites is 2. The Bertz CT molecular complexity index is 998. The van der Waals surface area contributed by atoms with Gasteiger partial charge in [-0.1, -0.05) is 12.1 Å². The molecule has 1 aliphatic heterocycles. The van der Waals surface area contributed by atoms with E-state index < -0.39 is 0 Å². The van der Waals surface area contributed by atoms with Crippen molar-refractivity contribution >= 4 is 16.9 Å². The lowest BCUT2D eigenvalue weighted by Gasteiger charge is -2.34. The summed E-state index contributed by atoms with van der Waals surface area (Å²) in [7, 11) is 2.03. The number of aryl methyl sites for hydroxylation is 1. The maximum absolute atomic E-state index is 12.5. The largest absolute Gasteiger partial charge is 0.336 e. The van der Waals surface area contributed by atoms with Crippen LogP contribution in [-0.2, 0) is 13.6 Å². The molecule has 1 amide bonds. The van der Waals surface area contributed by atoms with E-state index in [2.05, 4.69) is 20.5 Å². The number of benzene rings is 1. The van der Waals surface area contributed by atoms with Crippen LogP contribution in [0.3, 0.4) is 0 Å². The third-order valence-electron chi connectivity index (χ3n) is 4.95. The highest BCUT2D eigenvalue weighted by atomic mass is 16.2. The molecule has 134 valence electrons. The van der Waals surface area contributed by atoms with Gasteiger partial charge in [0.05, 0.1) is 17.6 Å². The Kier molecular flexibility index (Phi) is 4.30. The third kappa shape index (κ3) is 3.01. The van der Waals surface area contributed by atoms with Gasteiger partial charge in [-0.3, -0.25) is 14.5 Å². The number of pyridine rings is 1. The van der Waals surface area contributed by atoms with Crippen molar-refractivity contribution in [1.29, 1.82) is 0 Å². The Morgan fingerprint density at radius 3 is 2.62 bits per heavy atom. The number of aromatic amines is 1. The van der Waals surface area contributed by atoms with Crippen molar-refractivity contribution in [3.05, 3.63) is 64.3 Å². The van der Waals surface area contributed by atoms with Gasteiger partial charge in [0.2, 0.25) is 0 Å². The summed E-state index contributed by atoms with van der Waals surface area (Å²) in [4.78, 5) is 35.6. The molecule has 1 aromatic carbocycles. The first-order valence-corrected chi connectivity index (χ1v) is 8.73. The minimum absolute atomic E-state index is 0.200. The van der Waals surface area contributed by atoms with Gasteiger partial charge in [0, 0.05) is 39.4 Å². The van der Waals surface area contributed by atoms with Crippen LogP contribution in [0.15, 0.2) is 47.4 Å². The Morgan fingerprint density at radius 1 is 1.12 bits per heavy atom. The number of hydrogen-bond acceptors (Lipinski definition) is 4. The first kappa shape index (κ1) is 16.5. The highest BCUT2D eigenvalue weighted by Crippen LogP contribution is 2.16. The number of carbonyl (C=O) groups is 1. The maximum atomic E-state index is 12.5. The van der Waals surface area contributed by atoms with Gasteiger partial charge in [-0.05, 0) is 24.3 Å². The van der Waals surface area contributed by atoms with Crippen LogP contribution in [-0.4, -0.2) is 56.4 Å². The summed E-state index contributed by atoms with van der Waals surface area (Å²) in [5.74, 6) is 0.819. The zero-order valence-electron chi connectivity index (χ0n) is 14.7. The minimum Gasteiger partial charge on any atom is -0.336 e. The highest BCUT2D eigenvalue weighted by molar-refractivity contribution is 5.93. The number of H-pyrrole nitrogens is 1. The Morgan fingerprint density at radius 2 is 1.88 bits per heavy atom. The highest BCUT2D eigenvalue weighted by Gasteiger charge is 2.24. The number of aromatic nitrogens is 3. The number of rotatable bonds is 3. The summed E-state index contributed by atoms with van der Waals surface area (Å²) in [6.45, 7) is 3.49. The summed E-state index contributed by atoms with van der Waals surface area (Å²) >= 11 is 0. The van der Waals surface area contributed by atoms with Crippen LogP contribution in [0.5, 0.6) is 0 Å². The lowest BCUT2D eigenvalue weighted by Crippen LogP contribution is -2.49. The van der Waals surface area contributed by atoms with Gasteiger partial charge in [-0.2, -0.15) is 0 Å². The fourth-order valence-electron chi connectivity index (χ4n) is 3.41. The number of nitrogens with one attached hydrogen (secondary N) is 1. The number of amides is 1. The zero-order valence-corrected chi connectivity index (χ0v) is 14.7. The number of fused-ring (bicyclic) bond motifs is 1. The van der Waals surface area contributed by atoms with Crippen molar-refractivity contribution in [1.82, 2.24) is 24.3 Å². The number of carbonyl (C=O) groups excluding carboxylic acids is 1. The average molecular weight is 351 g/mol. The predicted molar refractivity (Wildman–Crippen MR) is 99.0 cm³/mol. The van der Waals surface area contributed by atoms with Crippen molar-refractivity contribution in [2.24, 2.45) is 7.05 Å². The average Bonchev–Trinajstić information content (AvgIpc) is 2.98. The van der Waals surface area contributed by atoms with Crippen molar-refractivity contribution in [3.8, 4) is 0 Å². The first-order valence-electron chi connectivity index (χ1n) is 8.73. The molecule has 7 heteroatoms. The normalized spacial score (nSPS) is 15.5. The molecule has 0 aliphatic carbocycles. The minimum atomic E-state index is -0.334. The molecule has 1 fully saturated rings. The fourth-order valence-corrected chi connectivity index (χ4v) is 3.41. The van der Waals surface area contributed by atoms with Gasteiger partial charge >= 0.3 is 0 Å². The molecule has 4 rings (SSSR count). The third-order valence-corrected chi connectivity index (χ3v) is 4.95. The Labute approximate surface area is 150 Å². The van der Waals surface area contributed by atoms with Crippen molar-refractivity contribution in [3.63, 3.8) is 0 Å². The van der Waals surface area contributed by atoms with E-state index in [0.717, 1.165) is 36.5 Å². The predicted octanol–water partition coefficient (Wildman–Crippen LogP) is 1.22. The fraction of sp³-hybridized carbons (Fsp3) is 0.316. The molecule has 1 saturated heterocycles. The first-order chi connectivity index (χ1) is 12.6. The quantitative estimate of drug-likeness (QED) is 0.770. The number of nitrogens with zero attached hydrogens (tertiary/aromatic N) is 4. The van der Waals surface area contributed by atoms with Crippen LogP contribution >= 0.6 is 0 Å². The molecule has 1 aliphatic rings. The molecule has 3 heterocycles. The van der Waals surface area contributed by atoms with Crippen LogP contribution in [0.1, 0.15) is 16.2 Å². The Hall–Kier alpha value is -2.93. The van der Waals surface area contributed by atoms with Crippen molar-refractivity contribution < 1.29 is 4.79 Å². The van der Waals surface area contributed by atoms with Crippen LogP contribution in [0.25, 0.3) is 11.0 Å². The second kappa shape index (κ2) is 6.76. The molecule has 2 aromatic heterocycles. The SMILES string of the molecule is Cn1c(CN2CCN(C(=O)c3ccc[nH]c3=O)CC2)nc2ccccc21. The van der Waals surface area contributed by atoms with Gasteiger partial charge in [-0.25, -0.2) is 4.98 Å². The molecule has 26 heavy (non-hydrogen) atoms. The zero-order chi connectivity index (χ0) is 18.1. The standard InChI is InChI=1S/C19H21N5O2/c1-22-16-7-3-2-6-15(16)21-17(22)13-23-9-11-24(12-10-23)19(26)14-5-4-8-20-18(14)25/h2-8H,9-13H2,1H3,(H,20,25). The number of hydrogen-bond donors (Lipinski definition) is 1. The molecule has 1 N–H and O–H groups in total. The number of piperazine rings is 1. The molecule has 0 radical (unpaired) electrons. The summed E-state index contributed by atoms with van der Waals surface area (Å²) in [6.07, 6.45) is 1.54. The molecule has 3 aromatic rings. The summed E-state index contributed by atoms with van der Waals surface area (Å²) in [5.41, 5.74) is 2.00. The van der Waals surface area contributed by atoms with Gasteiger partial charge in [-0.15, -0.1) is 0 Å². The van der Waals surface area contributed by atoms with E-state index in [1.807, 2.05) is 25.2 Å². The van der Waals surface area contributed by atoms with Crippen molar-refractivity contribution in [2.45, 2.75) is 6.54 Å². The van der Waals surface area contributed by atoms with E-state index in [0.29, 0.717) is 13.1 Å². The van der Waals surface area contributed by atoms with Gasteiger partial charge in [0.1, 0.15) is 11.4 Å². The summed E-state index contributed by atoms with van der Waals surface area (Å²) < 4.78 is 2.12. The van der Waals surface area contributed by atoms with Crippen LogP contribution in [0, 0.1) is 0 Å². The number of imidazole rings is 1. The molecule has 0 saturated carbocycles. The van der Waals surface area contributed by atoms with Crippen LogP contribution in [0.4, 0.5) is 0 Å². The van der Waals surface area contributed by atoms with E-state index in [1.165, 1.54) is 6.20 Å². The van der Waals surface area contributed by atoms with Gasteiger partial charge in [0.15, 0.2) is 0 Å². The summed E-state index contributed by atoms with van der Waals surface area (Å²) in [6, 6.07) is 11.4. The van der Waals surface area contributed by atoms with E-state index in [1.54, 1.807) is 17.0 Å². The second-order valence-electron chi connectivity index (χ2n) is 6.56. The maximum Gasteiger partial charge on any atom is 0.260 e. The molecule has 0 atom stereocenters. The Balaban J connectivity index is 1.42. The van der Waals surface area contributed by atoms with Gasteiger partial charge in [0.25, 0.3) is 11.5 Å². The van der Waals surface area contributed by atoms with Crippen molar-refractivity contribution in [2.75, 3.05) is 26.2 Å². The lowest BCUT2D eigenvalue weighted by molar-refractivity contribution is 0.0623. The van der Waals surface area contributed by atoms with E-state index in [4.69, 9.17) is 4.98 Å². The lowest BCUT2D eigenvalue weighted by atomic mass is 10.2. The molecule has 7 nitrogen and oxygen atoms in total. The molecule has 0 spiro atoms. The van der Waals surface area contributed by atoms with Crippen LogP contribution in [0.2, 0.25) is 0 Å². The molecular weight excluding hydrogens is 330 g/mol.